The number of unbranched alkanes of at least 4 members (excludes halogenated alkanes) is 3. The second-order valence-electron chi connectivity index (χ2n) is 7.89. The van der Waals surface area contributed by atoms with Crippen LogP contribution < -0.4 is 5.48 Å². The first-order valence-electron chi connectivity index (χ1n) is 10.2. The molecule has 1 amide bonds. The SMILES string of the molecule is Cc1cc(C[C@H](CCCCCCn2c(C)ccc2C)C(=O)NO)cc(C)c1F. The van der Waals surface area contributed by atoms with Crippen molar-refractivity contribution >= 4 is 5.91 Å². The highest BCUT2D eigenvalue weighted by molar-refractivity contribution is 5.77. The molecule has 0 unspecified atom stereocenters. The van der Waals surface area contributed by atoms with Gasteiger partial charge in [0.1, 0.15) is 5.82 Å². The average molecular weight is 389 g/mol. The molecule has 0 saturated carbocycles. The molecule has 0 saturated heterocycles. The lowest BCUT2D eigenvalue weighted by molar-refractivity contribution is -0.133. The Morgan fingerprint density at radius 2 is 1.61 bits per heavy atom. The standard InChI is InChI=1S/C23H33FN2O2/c1-16-13-20(14-17(2)22(16)24)15-21(23(27)25-28)9-7-5-6-8-12-26-18(3)10-11-19(26)4/h10-11,13-14,21,28H,5-9,12,15H2,1-4H3,(H,25,27)/t21-/m0/s1. The number of nitrogens with one attached hydrogen (secondary N) is 1. The Morgan fingerprint density at radius 1 is 1.04 bits per heavy atom. The molecule has 1 heterocycles. The first-order chi connectivity index (χ1) is 13.3. The Bertz CT molecular complexity index is 755. The number of aryl methyl sites for hydroxylation is 4. The molecule has 2 rings (SSSR count). The minimum atomic E-state index is -0.363. The Labute approximate surface area is 167 Å². The molecule has 2 N–H and O–H groups in total. The molecule has 28 heavy (non-hydrogen) atoms. The minimum Gasteiger partial charge on any atom is -0.349 e. The molecule has 0 aliphatic heterocycles. The average Bonchev–Trinajstić information content (AvgIpc) is 2.98. The van der Waals surface area contributed by atoms with Gasteiger partial charge in [-0.25, -0.2) is 9.87 Å². The lowest BCUT2D eigenvalue weighted by atomic mass is 9.91. The van der Waals surface area contributed by atoms with Crippen molar-refractivity contribution in [1.29, 1.82) is 0 Å². The van der Waals surface area contributed by atoms with E-state index < -0.39 is 0 Å². The Morgan fingerprint density at radius 3 is 2.18 bits per heavy atom. The van der Waals surface area contributed by atoms with Gasteiger partial charge in [0.05, 0.1) is 0 Å². The molecule has 0 fully saturated rings. The van der Waals surface area contributed by atoms with Crippen LogP contribution in [-0.4, -0.2) is 15.7 Å². The third kappa shape index (κ3) is 5.93. The molecule has 0 radical (unpaired) electrons. The van der Waals surface area contributed by atoms with Crippen molar-refractivity contribution in [3.63, 3.8) is 0 Å². The number of hydrogen-bond acceptors (Lipinski definition) is 2. The molecule has 5 heteroatoms. The van der Waals surface area contributed by atoms with Crippen molar-refractivity contribution in [2.45, 2.75) is 72.8 Å². The van der Waals surface area contributed by atoms with Crippen LogP contribution in [0.5, 0.6) is 0 Å². The molecule has 0 bridgehead atoms. The highest BCUT2D eigenvalue weighted by atomic mass is 19.1. The summed E-state index contributed by atoms with van der Waals surface area (Å²) in [6.07, 6.45) is 5.43. The fourth-order valence-corrected chi connectivity index (χ4v) is 3.92. The van der Waals surface area contributed by atoms with E-state index in [1.165, 1.54) is 11.4 Å². The van der Waals surface area contributed by atoms with Crippen molar-refractivity contribution in [1.82, 2.24) is 10.0 Å². The van der Waals surface area contributed by atoms with Crippen molar-refractivity contribution in [2.24, 2.45) is 5.92 Å². The highest BCUT2D eigenvalue weighted by Gasteiger charge is 2.19. The summed E-state index contributed by atoms with van der Waals surface area (Å²) in [4.78, 5) is 12.1. The summed E-state index contributed by atoms with van der Waals surface area (Å²) >= 11 is 0. The topological polar surface area (TPSA) is 54.3 Å². The zero-order chi connectivity index (χ0) is 20.7. The third-order valence-corrected chi connectivity index (χ3v) is 5.56. The van der Waals surface area contributed by atoms with Gasteiger partial charge < -0.3 is 4.57 Å². The van der Waals surface area contributed by atoms with E-state index in [-0.39, 0.29) is 17.6 Å². The normalized spacial score (nSPS) is 12.2. The molecule has 1 aromatic carbocycles. The molecule has 154 valence electrons. The van der Waals surface area contributed by atoms with Gasteiger partial charge in [0.25, 0.3) is 0 Å². The second kappa shape index (κ2) is 10.4. The van der Waals surface area contributed by atoms with Crippen molar-refractivity contribution in [3.05, 3.63) is 58.2 Å². The van der Waals surface area contributed by atoms with E-state index >= 15 is 0 Å². The molecule has 1 aromatic heterocycles. The van der Waals surface area contributed by atoms with Crippen LogP contribution in [0.2, 0.25) is 0 Å². The quantitative estimate of drug-likeness (QED) is 0.335. The maximum absolute atomic E-state index is 13.8. The number of halogens is 1. The molecule has 1 atom stereocenters. The number of carbonyl (C=O) groups is 1. The number of nitrogens with zero attached hydrogens (tertiary/aromatic N) is 1. The number of hydroxylamine groups is 1. The van der Waals surface area contributed by atoms with Gasteiger partial charge in [0.15, 0.2) is 0 Å². The lowest BCUT2D eigenvalue weighted by Gasteiger charge is -2.16. The van der Waals surface area contributed by atoms with Gasteiger partial charge in [-0.05, 0) is 75.8 Å². The van der Waals surface area contributed by atoms with Crippen LogP contribution in [0.25, 0.3) is 0 Å². The van der Waals surface area contributed by atoms with Gasteiger partial charge >= 0.3 is 0 Å². The fourth-order valence-electron chi connectivity index (χ4n) is 3.92. The van der Waals surface area contributed by atoms with E-state index in [4.69, 9.17) is 5.21 Å². The van der Waals surface area contributed by atoms with Crippen molar-refractivity contribution in [3.8, 4) is 0 Å². The summed E-state index contributed by atoms with van der Waals surface area (Å²) in [5.41, 5.74) is 6.50. The van der Waals surface area contributed by atoms with Crippen molar-refractivity contribution < 1.29 is 14.4 Å². The summed E-state index contributed by atoms with van der Waals surface area (Å²) in [6.45, 7) is 8.76. The van der Waals surface area contributed by atoms with Crippen LogP contribution in [0.15, 0.2) is 24.3 Å². The maximum atomic E-state index is 13.8. The van der Waals surface area contributed by atoms with E-state index in [0.717, 1.165) is 37.8 Å². The molecule has 0 aliphatic carbocycles. The van der Waals surface area contributed by atoms with E-state index in [9.17, 15) is 9.18 Å². The number of carbonyl (C=O) groups excluding carboxylic acids is 1. The Balaban J connectivity index is 1.81. The highest BCUT2D eigenvalue weighted by Crippen LogP contribution is 2.21. The van der Waals surface area contributed by atoms with Crippen LogP contribution in [0.4, 0.5) is 4.39 Å². The molecule has 4 nitrogen and oxygen atoms in total. The number of rotatable bonds is 10. The first kappa shape index (κ1) is 22.2. The van der Waals surface area contributed by atoms with Crippen LogP contribution in [0, 0.1) is 39.4 Å². The predicted molar refractivity (Wildman–Crippen MR) is 110 cm³/mol. The van der Waals surface area contributed by atoms with Gasteiger partial charge in [-0.2, -0.15) is 0 Å². The van der Waals surface area contributed by atoms with E-state index in [0.29, 0.717) is 24.0 Å². The monoisotopic (exact) mass is 388 g/mol. The predicted octanol–water partition coefficient (Wildman–Crippen LogP) is 5.18. The van der Waals surface area contributed by atoms with Crippen LogP contribution >= 0.6 is 0 Å². The lowest BCUT2D eigenvalue weighted by Crippen LogP contribution is -2.29. The van der Waals surface area contributed by atoms with Gasteiger partial charge in [-0.1, -0.05) is 31.4 Å². The number of hydrogen-bond donors (Lipinski definition) is 2. The van der Waals surface area contributed by atoms with E-state index in [1.54, 1.807) is 31.5 Å². The summed E-state index contributed by atoms with van der Waals surface area (Å²) in [5, 5.41) is 9.07. The summed E-state index contributed by atoms with van der Waals surface area (Å²) in [6, 6.07) is 7.88. The number of amides is 1. The van der Waals surface area contributed by atoms with Crippen molar-refractivity contribution in [2.75, 3.05) is 0 Å². The van der Waals surface area contributed by atoms with Gasteiger partial charge in [-0.15, -0.1) is 0 Å². The van der Waals surface area contributed by atoms with Crippen LogP contribution in [0.3, 0.4) is 0 Å². The number of aromatic nitrogens is 1. The molecule has 0 spiro atoms. The first-order valence-corrected chi connectivity index (χ1v) is 10.2. The summed E-state index contributed by atoms with van der Waals surface area (Å²) in [5.74, 6) is -0.860. The molecule has 2 aromatic rings. The van der Waals surface area contributed by atoms with Crippen LogP contribution in [0.1, 0.15) is 60.2 Å². The minimum absolute atomic E-state index is 0.194. The van der Waals surface area contributed by atoms with E-state index in [1.807, 2.05) is 0 Å². The summed E-state index contributed by atoms with van der Waals surface area (Å²) < 4.78 is 16.2. The smallest absolute Gasteiger partial charge is 0.246 e. The zero-order valence-corrected chi connectivity index (χ0v) is 17.5. The third-order valence-electron chi connectivity index (χ3n) is 5.56. The molecular weight excluding hydrogens is 355 g/mol. The van der Waals surface area contributed by atoms with Crippen LogP contribution in [-0.2, 0) is 17.8 Å². The Kier molecular flexibility index (Phi) is 8.24. The maximum Gasteiger partial charge on any atom is 0.246 e. The van der Waals surface area contributed by atoms with E-state index in [2.05, 4.69) is 30.5 Å². The molecular formula is C23H33FN2O2. The van der Waals surface area contributed by atoms with Gasteiger partial charge in [0.2, 0.25) is 5.91 Å². The van der Waals surface area contributed by atoms with Gasteiger partial charge in [-0.3, -0.25) is 10.0 Å². The summed E-state index contributed by atoms with van der Waals surface area (Å²) in [7, 11) is 0. The molecule has 0 aliphatic rings. The second-order valence-corrected chi connectivity index (χ2v) is 7.89. The Hall–Kier alpha value is -2.14. The largest absolute Gasteiger partial charge is 0.349 e. The van der Waals surface area contributed by atoms with Gasteiger partial charge in [0, 0.05) is 23.9 Å². The zero-order valence-electron chi connectivity index (χ0n) is 17.5. The fraction of sp³-hybridized carbons (Fsp3) is 0.522. The number of benzene rings is 1.